The molecule has 102 valence electrons. The van der Waals surface area contributed by atoms with Gasteiger partial charge >= 0.3 is 0 Å². The van der Waals surface area contributed by atoms with Gasteiger partial charge in [0, 0.05) is 32.9 Å². The lowest BCUT2D eigenvalue weighted by atomic mass is 9.80. The van der Waals surface area contributed by atoms with Gasteiger partial charge in [-0.2, -0.15) is 5.26 Å². The number of nitrogens with zero attached hydrogens (tertiary/aromatic N) is 2. The standard InChI is InChI=1S/C13H22N2O3/c1-11(2)15(6-9-17-3)12(16)13(10-14)4-7-18-8-5-13/h11H,4-9H2,1-3H3. The zero-order valence-electron chi connectivity index (χ0n) is 11.4. The van der Waals surface area contributed by atoms with E-state index >= 15 is 0 Å². The smallest absolute Gasteiger partial charge is 0.243 e. The van der Waals surface area contributed by atoms with Gasteiger partial charge in [0.1, 0.15) is 5.41 Å². The molecule has 0 aliphatic carbocycles. The first kappa shape index (κ1) is 14.9. The number of rotatable bonds is 5. The van der Waals surface area contributed by atoms with E-state index in [1.165, 1.54) is 0 Å². The molecule has 0 aromatic rings. The summed E-state index contributed by atoms with van der Waals surface area (Å²) in [5.74, 6) is -0.0830. The first-order valence-electron chi connectivity index (χ1n) is 6.36. The lowest BCUT2D eigenvalue weighted by Crippen LogP contribution is -2.49. The highest BCUT2D eigenvalue weighted by molar-refractivity contribution is 5.85. The lowest BCUT2D eigenvalue weighted by molar-refractivity contribution is -0.145. The Morgan fingerprint density at radius 3 is 2.56 bits per heavy atom. The molecule has 5 nitrogen and oxygen atoms in total. The maximum atomic E-state index is 12.6. The molecule has 1 heterocycles. The van der Waals surface area contributed by atoms with Crippen molar-refractivity contribution in [2.75, 3.05) is 33.5 Å². The summed E-state index contributed by atoms with van der Waals surface area (Å²) in [6, 6.07) is 2.29. The number of amides is 1. The van der Waals surface area contributed by atoms with E-state index in [0.29, 0.717) is 39.2 Å². The highest BCUT2D eigenvalue weighted by Gasteiger charge is 2.43. The third-order valence-electron chi connectivity index (χ3n) is 3.39. The van der Waals surface area contributed by atoms with E-state index in [0.717, 1.165) is 0 Å². The van der Waals surface area contributed by atoms with E-state index < -0.39 is 5.41 Å². The Kier molecular flexibility index (Phi) is 5.57. The normalized spacial score (nSPS) is 18.4. The summed E-state index contributed by atoms with van der Waals surface area (Å²) in [5.41, 5.74) is -0.906. The molecule has 0 unspecified atom stereocenters. The minimum atomic E-state index is -0.906. The monoisotopic (exact) mass is 254 g/mol. The lowest BCUT2D eigenvalue weighted by Gasteiger charge is -2.36. The van der Waals surface area contributed by atoms with Crippen molar-refractivity contribution in [3.8, 4) is 6.07 Å². The Balaban J connectivity index is 2.82. The van der Waals surface area contributed by atoms with Crippen molar-refractivity contribution in [3.63, 3.8) is 0 Å². The van der Waals surface area contributed by atoms with Crippen LogP contribution in [0, 0.1) is 16.7 Å². The first-order chi connectivity index (χ1) is 8.57. The number of hydrogen-bond acceptors (Lipinski definition) is 4. The van der Waals surface area contributed by atoms with Crippen LogP contribution in [0.4, 0.5) is 0 Å². The molecule has 1 aliphatic heterocycles. The van der Waals surface area contributed by atoms with E-state index in [9.17, 15) is 10.1 Å². The average Bonchev–Trinajstić information content (AvgIpc) is 2.39. The second-order valence-electron chi connectivity index (χ2n) is 4.89. The highest BCUT2D eigenvalue weighted by atomic mass is 16.5. The van der Waals surface area contributed by atoms with Crippen LogP contribution in [-0.4, -0.2) is 50.3 Å². The van der Waals surface area contributed by atoms with Gasteiger partial charge in [0.15, 0.2) is 0 Å². The average molecular weight is 254 g/mol. The van der Waals surface area contributed by atoms with Gasteiger partial charge in [0.25, 0.3) is 0 Å². The van der Waals surface area contributed by atoms with Crippen LogP contribution in [0.2, 0.25) is 0 Å². The third-order valence-corrected chi connectivity index (χ3v) is 3.39. The maximum absolute atomic E-state index is 12.6. The molecule has 0 aromatic carbocycles. The second-order valence-corrected chi connectivity index (χ2v) is 4.89. The Labute approximate surface area is 109 Å². The summed E-state index contributed by atoms with van der Waals surface area (Å²) >= 11 is 0. The predicted octanol–water partition coefficient (Wildman–Crippen LogP) is 1.19. The van der Waals surface area contributed by atoms with Crippen LogP contribution in [0.1, 0.15) is 26.7 Å². The molecule has 0 spiro atoms. The van der Waals surface area contributed by atoms with Crippen molar-refractivity contribution in [2.24, 2.45) is 5.41 Å². The third kappa shape index (κ3) is 3.21. The van der Waals surface area contributed by atoms with Gasteiger partial charge < -0.3 is 14.4 Å². The predicted molar refractivity (Wildman–Crippen MR) is 66.8 cm³/mol. The second kappa shape index (κ2) is 6.72. The molecule has 1 amide bonds. The fourth-order valence-electron chi connectivity index (χ4n) is 2.15. The Bertz CT molecular complexity index is 317. The van der Waals surface area contributed by atoms with Crippen molar-refractivity contribution in [1.82, 2.24) is 4.90 Å². The fraction of sp³-hybridized carbons (Fsp3) is 0.846. The molecular weight excluding hydrogens is 232 g/mol. The minimum Gasteiger partial charge on any atom is -0.383 e. The van der Waals surface area contributed by atoms with Crippen LogP contribution in [0.25, 0.3) is 0 Å². The van der Waals surface area contributed by atoms with E-state index in [-0.39, 0.29) is 11.9 Å². The molecule has 0 N–H and O–H groups in total. The molecule has 0 bridgehead atoms. The number of methoxy groups -OCH3 is 1. The summed E-state index contributed by atoms with van der Waals surface area (Å²) < 4.78 is 10.3. The molecule has 1 fully saturated rings. The van der Waals surface area contributed by atoms with Gasteiger partial charge in [-0.3, -0.25) is 4.79 Å². The number of carbonyl (C=O) groups excluding carboxylic acids is 1. The van der Waals surface area contributed by atoms with Gasteiger partial charge in [-0.05, 0) is 26.7 Å². The minimum absolute atomic E-state index is 0.0701. The number of carbonyl (C=O) groups is 1. The Morgan fingerprint density at radius 2 is 2.11 bits per heavy atom. The Hall–Kier alpha value is -1.12. The molecule has 0 saturated carbocycles. The quantitative estimate of drug-likeness (QED) is 0.739. The van der Waals surface area contributed by atoms with Crippen molar-refractivity contribution in [3.05, 3.63) is 0 Å². The SMILES string of the molecule is COCCN(C(=O)C1(C#N)CCOCC1)C(C)C. The zero-order chi connectivity index (χ0) is 13.6. The molecule has 0 radical (unpaired) electrons. The summed E-state index contributed by atoms with van der Waals surface area (Å²) in [5, 5.41) is 9.38. The van der Waals surface area contributed by atoms with Crippen LogP contribution in [-0.2, 0) is 14.3 Å². The van der Waals surface area contributed by atoms with E-state index in [4.69, 9.17) is 9.47 Å². The molecular formula is C13H22N2O3. The van der Waals surface area contributed by atoms with Gasteiger partial charge in [-0.25, -0.2) is 0 Å². The molecule has 0 atom stereocenters. The molecule has 18 heavy (non-hydrogen) atoms. The summed E-state index contributed by atoms with van der Waals surface area (Å²) in [4.78, 5) is 14.3. The van der Waals surface area contributed by atoms with Crippen molar-refractivity contribution in [2.45, 2.75) is 32.7 Å². The van der Waals surface area contributed by atoms with Crippen LogP contribution in [0.3, 0.4) is 0 Å². The van der Waals surface area contributed by atoms with E-state index in [1.807, 2.05) is 13.8 Å². The highest BCUT2D eigenvalue weighted by Crippen LogP contribution is 2.32. The van der Waals surface area contributed by atoms with Gasteiger partial charge in [-0.15, -0.1) is 0 Å². The van der Waals surface area contributed by atoms with Crippen LogP contribution in [0.15, 0.2) is 0 Å². The number of nitriles is 1. The topological polar surface area (TPSA) is 62.6 Å². The van der Waals surface area contributed by atoms with E-state index in [1.54, 1.807) is 12.0 Å². The van der Waals surface area contributed by atoms with Crippen LogP contribution < -0.4 is 0 Å². The number of hydrogen-bond donors (Lipinski definition) is 0. The molecule has 1 saturated heterocycles. The largest absolute Gasteiger partial charge is 0.383 e. The van der Waals surface area contributed by atoms with Gasteiger partial charge in [0.05, 0.1) is 12.7 Å². The zero-order valence-corrected chi connectivity index (χ0v) is 11.4. The van der Waals surface area contributed by atoms with Gasteiger partial charge in [0.2, 0.25) is 5.91 Å². The van der Waals surface area contributed by atoms with E-state index in [2.05, 4.69) is 6.07 Å². The molecule has 1 rings (SSSR count). The fourth-order valence-corrected chi connectivity index (χ4v) is 2.15. The van der Waals surface area contributed by atoms with Crippen LogP contribution >= 0.6 is 0 Å². The summed E-state index contributed by atoms with van der Waals surface area (Å²) in [7, 11) is 1.61. The maximum Gasteiger partial charge on any atom is 0.243 e. The molecule has 1 aliphatic rings. The van der Waals surface area contributed by atoms with Crippen molar-refractivity contribution >= 4 is 5.91 Å². The summed E-state index contributed by atoms with van der Waals surface area (Å²) in [6.45, 7) is 5.89. The molecule has 0 aromatic heterocycles. The van der Waals surface area contributed by atoms with Gasteiger partial charge in [-0.1, -0.05) is 0 Å². The summed E-state index contributed by atoms with van der Waals surface area (Å²) in [6.07, 6.45) is 0.969. The molecule has 5 heteroatoms. The van der Waals surface area contributed by atoms with Crippen molar-refractivity contribution < 1.29 is 14.3 Å². The Morgan fingerprint density at radius 1 is 1.50 bits per heavy atom. The van der Waals surface area contributed by atoms with Crippen LogP contribution in [0.5, 0.6) is 0 Å². The van der Waals surface area contributed by atoms with Crippen molar-refractivity contribution in [1.29, 1.82) is 5.26 Å². The number of ether oxygens (including phenoxy) is 2. The first-order valence-corrected chi connectivity index (χ1v) is 6.36.